The molecule has 1 aromatic rings. The normalized spacial score (nSPS) is 24.8. The molecule has 6 heteroatoms. The summed E-state index contributed by atoms with van der Waals surface area (Å²) < 4.78 is 5.11. The minimum atomic E-state index is -0.355. The topological polar surface area (TPSA) is 67.6 Å². The molecule has 1 aliphatic heterocycles. The molecule has 2 heterocycles. The van der Waals surface area contributed by atoms with E-state index in [-0.39, 0.29) is 18.1 Å². The van der Waals surface area contributed by atoms with Gasteiger partial charge in [-0.05, 0) is 23.1 Å². The minimum absolute atomic E-state index is 0.0958. The first-order valence-corrected chi connectivity index (χ1v) is 8.78. The Kier molecular flexibility index (Phi) is 5.36. The van der Waals surface area contributed by atoms with Crippen molar-refractivity contribution in [3.8, 4) is 11.8 Å². The second kappa shape index (κ2) is 7.67. The van der Waals surface area contributed by atoms with Crippen molar-refractivity contribution in [2.24, 2.45) is 11.7 Å². The molecule has 1 aromatic heterocycles. The molecule has 0 radical (unpaired) electrons. The van der Waals surface area contributed by atoms with Crippen molar-refractivity contribution in [2.45, 2.75) is 12.1 Å². The number of hydrogen-bond donors (Lipinski definition) is 2. The summed E-state index contributed by atoms with van der Waals surface area (Å²) in [5, 5.41) is 5.00. The molecule has 0 saturated carbocycles. The van der Waals surface area contributed by atoms with Crippen LogP contribution in [0.2, 0.25) is 0 Å². The smallest absolute Gasteiger partial charge is 0.318 e. The van der Waals surface area contributed by atoms with Crippen molar-refractivity contribution in [3.05, 3.63) is 40.6 Å². The van der Waals surface area contributed by atoms with Crippen molar-refractivity contribution in [1.82, 2.24) is 10.2 Å². The predicted molar refractivity (Wildman–Crippen MR) is 96.4 cm³/mol. The molecular formula is C18H21N3O2S. The number of rotatable bonds is 4. The number of nitrogens with zero attached hydrogens (tertiary/aromatic N) is 1. The van der Waals surface area contributed by atoms with Crippen molar-refractivity contribution in [1.29, 1.82) is 0 Å². The molecule has 1 fully saturated rings. The first-order chi connectivity index (χ1) is 11.7. The number of thiophene rings is 1. The van der Waals surface area contributed by atoms with Crippen LogP contribution < -0.4 is 11.1 Å². The molecule has 2 amide bonds. The third-order valence-electron chi connectivity index (χ3n) is 3.97. The van der Waals surface area contributed by atoms with Gasteiger partial charge in [0.2, 0.25) is 0 Å². The van der Waals surface area contributed by atoms with Crippen LogP contribution >= 0.6 is 11.3 Å². The van der Waals surface area contributed by atoms with Gasteiger partial charge in [0.05, 0.1) is 12.6 Å². The molecule has 3 N–H and O–H groups in total. The average Bonchev–Trinajstić information content (AvgIpc) is 3.03. The maximum absolute atomic E-state index is 12.3. The van der Waals surface area contributed by atoms with Gasteiger partial charge in [-0.1, -0.05) is 30.1 Å². The van der Waals surface area contributed by atoms with Gasteiger partial charge >= 0.3 is 6.03 Å². The van der Waals surface area contributed by atoms with Crippen LogP contribution in [0.4, 0.5) is 4.79 Å². The Morgan fingerprint density at radius 1 is 1.50 bits per heavy atom. The molecule has 5 nitrogen and oxygen atoms in total. The first-order valence-electron chi connectivity index (χ1n) is 7.90. The van der Waals surface area contributed by atoms with Crippen LogP contribution in [0, 0.1) is 17.8 Å². The van der Waals surface area contributed by atoms with Gasteiger partial charge in [-0.25, -0.2) is 4.79 Å². The van der Waals surface area contributed by atoms with E-state index >= 15 is 0 Å². The van der Waals surface area contributed by atoms with Gasteiger partial charge in [0.1, 0.15) is 6.04 Å². The highest BCUT2D eigenvalue weighted by Crippen LogP contribution is 2.23. The second-order valence-electron chi connectivity index (χ2n) is 5.93. The number of urea groups is 1. The maximum Gasteiger partial charge on any atom is 0.318 e. The third kappa shape index (κ3) is 4.06. The lowest BCUT2D eigenvalue weighted by Crippen LogP contribution is -2.56. The number of carbonyl (C=O) groups excluding carboxylic acids is 1. The first kappa shape index (κ1) is 16.8. The molecule has 0 bridgehead atoms. The van der Waals surface area contributed by atoms with Gasteiger partial charge in [-0.2, -0.15) is 0 Å². The van der Waals surface area contributed by atoms with Crippen LogP contribution in [-0.2, 0) is 4.74 Å². The standard InChI is InChI=1S/C18H21N3O2S/c1-23-12-13-10-21(11-13)18(22)20-16-7-6-15(19)5-4-14(9-16)17-3-2-8-24-17/h2-5,8-9,13,15-16H,10-12,19H2,1H3,(H,20,22)/b5-4-,14-9?/t15-,16-/m0/s1. The third-order valence-corrected chi connectivity index (χ3v) is 4.89. The van der Waals surface area contributed by atoms with Crippen LogP contribution in [0.25, 0.3) is 5.57 Å². The Morgan fingerprint density at radius 3 is 3.04 bits per heavy atom. The molecule has 2 atom stereocenters. The predicted octanol–water partition coefficient (Wildman–Crippen LogP) is 1.69. The van der Waals surface area contributed by atoms with Crippen molar-refractivity contribution in [2.75, 3.05) is 26.8 Å². The zero-order valence-electron chi connectivity index (χ0n) is 13.6. The van der Waals surface area contributed by atoms with Gasteiger partial charge < -0.3 is 20.7 Å². The fourth-order valence-corrected chi connectivity index (χ4v) is 3.44. The molecule has 2 aliphatic rings. The number of nitrogens with two attached hydrogens (primary N) is 1. The molecule has 0 spiro atoms. The largest absolute Gasteiger partial charge is 0.384 e. The van der Waals surface area contributed by atoms with E-state index in [9.17, 15) is 4.79 Å². The highest BCUT2D eigenvalue weighted by atomic mass is 32.1. The molecule has 1 saturated heterocycles. The Balaban J connectivity index is 1.69. The number of nitrogens with one attached hydrogen (secondary N) is 1. The van der Waals surface area contributed by atoms with Crippen molar-refractivity contribution < 1.29 is 9.53 Å². The van der Waals surface area contributed by atoms with E-state index < -0.39 is 0 Å². The molecule has 3 rings (SSSR count). The average molecular weight is 343 g/mol. The second-order valence-corrected chi connectivity index (χ2v) is 6.87. The molecule has 1 aliphatic carbocycles. The number of likely N-dealkylation sites (tertiary alicyclic amines) is 1. The lowest BCUT2D eigenvalue weighted by Gasteiger charge is -2.39. The summed E-state index contributed by atoms with van der Waals surface area (Å²) in [6, 6.07) is 3.27. The summed E-state index contributed by atoms with van der Waals surface area (Å²) in [7, 11) is 1.68. The summed E-state index contributed by atoms with van der Waals surface area (Å²) in [6.45, 7) is 2.14. The summed E-state index contributed by atoms with van der Waals surface area (Å²) in [6.07, 6.45) is 5.83. The summed E-state index contributed by atoms with van der Waals surface area (Å²) in [5.74, 6) is 6.44. The van der Waals surface area contributed by atoms with Gasteiger partial charge in [0, 0.05) is 31.0 Å². The van der Waals surface area contributed by atoms with Crippen LogP contribution in [-0.4, -0.2) is 49.8 Å². The summed E-state index contributed by atoms with van der Waals surface area (Å²) >= 11 is 1.65. The van der Waals surface area contributed by atoms with E-state index in [4.69, 9.17) is 10.5 Å². The Labute approximate surface area is 146 Å². The van der Waals surface area contributed by atoms with E-state index in [1.807, 2.05) is 35.7 Å². The van der Waals surface area contributed by atoms with Crippen LogP contribution in [0.15, 0.2) is 35.7 Å². The molecule has 24 heavy (non-hydrogen) atoms. The zero-order valence-corrected chi connectivity index (χ0v) is 14.4. The monoisotopic (exact) mass is 343 g/mol. The fourth-order valence-electron chi connectivity index (χ4n) is 2.70. The number of methoxy groups -OCH3 is 1. The molecule has 0 unspecified atom stereocenters. The summed E-state index contributed by atoms with van der Waals surface area (Å²) in [4.78, 5) is 15.3. The van der Waals surface area contributed by atoms with Crippen molar-refractivity contribution in [3.63, 3.8) is 0 Å². The van der Waals surface area contributed by atoms with E-state index in [1.54, 1.807) is 23.3 Å². The number of allylic oxidation sites excluding steroid dienone is 2. The molecular weight excluding hydrogens is 322 g/mol. The summed E-state index contributed by atoms with van der Waals surface area (Å²) in [5.41, 5.74) is 6.97. The molecule has 0 aromatic carbocycles. The van der Waals surface area contributed by atoms with E-state index in [2.05, 4.69) is 17.2 Å². The Morgan fingerprint density at radius 2 is 2.33 bits per heavy atom. The lowest BCUT2D eigenvalue weighted by atomic mass is 10.0. The fraction of sp³-hybridized carbons (Fsp3) is 0.389. The van der Waals surface area contributed by atoms with Crippen molar-refractivity contribution >= 4 is 22.9 Å². The van der Waals surface area contributed by atoms with Crippen LogP contribution in [0.1, 0.15) is 4.88 Å². The van der Waals surface area contributed by atoms with E-state index in [0.717, 1.165) is 23.5 Å². The number of amides is 2. The Hall–Kier alpha value is -2.07. The van der Waals surface area contributed by atoms with Crippen LogP contribution in [0.3, 0.4) is 0 Å². The van der Waals surface area contributed by atoms with E-state index in [0.29, 0.717) is 12.5 Å². The highest BCUT2D eigenvalue weighted by Gasteiger charge is 2.31. The highest BCUT2D eigenvalue weighted by molar-refractivity contribution is 7.11. The number of ether oxygens (including phenoxy) is 1. The number of hydrogen-bond acceptors (Lipinski definition) is 4. The van der Waals surface area contributed by atoms with Gasteiger partial charge in [-0.3, -0.25) is 0 Å². The van der Waals surface area contributed by atoms with Crippen LogP contribution in [0.5, 0.6) is 0 Å². The van der Waals surface area contributed by atoms with Gasteiger partial charge in [0.25, 0.3) is 0 Å². The van der Waals surface area contributed by atoms with Gasteiger partial charge in [-0.15, -0.1) is 11.3 Å². The Bertz CT molecular complexity index is 694. The minimum Gasteiger partial charge on any atom is -0.384 e. The zero-order chi connectivity index (χ0) is 16.9. The van der Waals surface area contributed by atoms with Gasteiger partial charge in [0.15, 0.2) is 0 Å². The number of carbonyl (C=O) groups is 1. The quantitative estimate of drug-likeness (QED) is 0.818. The maximum atomic E-state index is 12.3. The molecule has 126 valence electrons. The van der Waals surface area contributed by atoms with E-state index in [1.165, 1.54) is 0 Å². The lowest BCUT2D eigenvalue weighted by molar-refractivity contribution is 0.0554. The SMILES string of the molecule is COCC1CN(C(=O)N[C@H]2C#C[C@@H](N)/C=C\C(c3cccs3)=C2)C1.